The summed E-state index contributed by atoms with van der Waals surface area (Å²) in [6.07, 6.45) is 5.30. The molecule has 3 aromatic carbocycles. The summed E-state index contributed by atoms with van der Waals surface area (Å²) >= 11 is 0. The Bertz CT molecular complexity index is 1750. The zero-order valence-corrected chi connectivity index (χ0v) is 26.1. The quantitative estimate of drug-likeness (QED) is 0.242. The number of aromatic nitrogens is 1. The molecule has 1 heterocycles. The molecule has 0 bridgehead atoms. The van der Waals surface area contributed by atoms with Gasteiger partial charge in [-0.3, -0.25) is 14.4 Å². The molecule has 0 spiro atoms. The number of para-hydroxylation sites is 1. The highest BCUT2D eigenvalue weighted by Gasteiger charge is 2.32. The number of likely N-dealkylation sites (N-methyl/N-ethyl adjacent to an activating group) is 1. The molecule has 3 amide bonds. The number of nitrogens with zero attached hydrogens (tertiary/aromatic N) is 2. The molecule has 0 aliphatic heterocycles. The third kappa shape index (κ3) is 7.62. The Morgan fingerprint density at radius 3 is 2.16 bits per heavy atom. The van der Waals surface area contributed by atoms with E-state index in [2.05, 4.69) is 10.6 Å². The lowest BCUT2D eigenvalue weighted by atomic mass is 10.00. The van der Waals surface area contributed by atoms with E-state index >= 15 is 0 Å². The first-order chi connectivity index (χ1) is 21.0. The zero-order valence-electron chi connectivity index (χ0n) is 25.3. The van der Waals surface area contributed by atoms with Crippen LogP contribution >= 0.6 is 0 Å². The first-order valence-corrected chi connectivity index (χ1v) is 15.9. The van der Waals surface area contributed by atoms with Crippen molar-refractivity contribution in [2.24, 2.45) is 5.92 Å². The molecule has 0 saturated carbocycles. The second-order valence-corrected chi connectivity index (χ2v) is 12.9. The monoisotopic (exact) mass is 614 g/mol. The molecule has 2 atom stereocenters. The van der Waals surface area contributed by atoms with Gasteiger partial charge >= 0.3 is 0 Å². The first kappa shape index (κ1) is 32.2. The van der Waals surface area contributed by atoms with Gasteiger partial charge in [0, 0.05) is 43.7 Å². The summed E-state index contributed by atoms with van der Waals surface area (Å²) in [6, 6.07) is 23.0. The van der Waals surface area contributed by atoms with Crippen LogP contribution in [0.15, 0.2) is 102 Å². The molecule has 0 fully saturated rings. The number of fused-ring (bicyclic) bond motifs is 1. The summed E-state index contributed by atoms with van der Waals surface area (Å²) in [5.74, 6) is -0.963. The van der Waals surface area contributed by atoms with E-state index in [9.17, 15) is 22.8 Å². The van der Waals surface area contributed by atoms with Crippen LogP contribution in [0, 0.1) is 5.92 Å². The van der Waals surface area contributed by atoms with Crippen molar-refractivity contribution in [1.82, 2.24) is 19.5 Å². The Kier molecular flexibility index (Phi) is 10.4. The number of nitrogens with one attached hydrogen (secondary N) is 2. The van der Waals surface area contributed by atoms with Gasteiger partial charge in [-0.05, 0) is 42.2 Å². The lowest BCUT2D eigenvalue weighted by Gasteiger charge is -2.31. The molecule has 0 unspecified atom stereocenters. The van der Waals surface area contributed by atoms with Crippen molar-refractivity contribution < 1.29 is 22.8 Å². The van der Waals surface area contributed by atoms with Crippen LogP contribution in [-0.2, 0) is 30.8 Å². The third-order valence-corrected chi connectivity index (χ3v) is 8.96. The summed E-state index contributed by atoms with van der Waals surface area (Å²) in [7, 11) is -2.29. The van der Waals surface area contributed by atoms with Gasteiger partial charge in [0.25, 0.3) is 10.0 Å². The van der Waals surface area contributed by atoms with Crippen LogP contribution in [0.4, 0.5) is 0 Å². The smallest absolute Gasteiger partial charge is 0.268 e. The summed E-state index contributed by atoms with van der Waals surface area (Å²) in [5.41, 5.74) is 1.96. The number of carbonyl (C=O) groups excluding carboxylic acids is 3. The summed E-state index contributed by atoms with van der Waals surface area (Å²) in [6.45, 7) is 5.29. The second kappa shape index (κ2) is 14.2. The van der Waals surface area contributed by atoms with E-state index in [1.165, 1.54) is 28.2 Å². The van der Waals surface area contributed by atoms with E-state index in [-0.39, 0.29) is 29.0 Å². The maximum atomic E-state index is 13.6. The van der Waals surface area contributed by atoms with Gasteiger partial charge in [0.05, 0.1) is 10.4 Å². The van der Waals surface area contributed by atoms with E-state index in [1.807, 2.05) is 56.3 Å². The molecule has 2 N–H and O–H groups in total. The molecule has 4 rings (SSSR count). The fraction of sp³-hybridized carbons (Fsp3) is 0.265. The number of benzene rings is 3. The van der Waals surface area contributed by atoms with Crippen molar-refractivity contribution in [2.75, 3.05) is 7.05 Å². The normalized spacial score (nSPS) is 13.1. The van der Waals surface area contributed by atoms with Crippen molar-refractivity contribution in [3.8, 4) is 0 Å². The molecule has 10 heteroatoms. The number of rotatable bonds is 12. The van der Waals surface area contributed by atoms with Crippen LogP contribution in [0.5, 0.6) is 0 Å². The second-order valence-electron chi connectivity index (χ2n) is 11.1. The molecule has 230 valence electrons. The standard InChI is InChI=1S/C34H38N4O5S/c1-24(2)21-30(36-25(3)39)34(41)37(4)32(22-26-13-7-5-8-14-26)33(40)35-20-19-27-23-38(31-18-12-11-17-29(27)31)44(42,43)28-15-9-6-10-16-28/h5-20,23-24,30,32H,21-22H2,1-4H3,(H,35,40)(H,36,39)/b20-19+/t30-,32-/m0/s1. The van der Waals surface area contributed by atoms with Gasteiger partial charge in [0.15, 0.2) is 0 Å². The van der Waals surface area contributed by atoms with Gasteiger partial charge in [-0.25, -0.2) is 12.4 Å². The Labute approximate surface area is 258 Å². The maximum Gasteiger partial charge on any atom is 0.268 e. The highest BCUT2D eigenvalue weighted by molar-refractivity contribution is 7.90. The molecule has 9 nitrogen and oxygen atoms in total. The summed E-state index contributed by atoms with van der Waals surface area (Å²) < 4.78 is 28.1. The Hall–Kier alpha value is -4.70. The minimum atomic E-state index is -3.86. The van der Waals surface area contributed by atoms with Gasteiger partial charge in [0.2, 0.25) is 17.7 Å². The number of hydrogen-bond acceptors (Lipinski definition) is 5. The number of carbonyl (C=O) groups is 3. The van der Waals surface area contributed by atoms with E-state index in [1.54, 1.807) is 55.6 Å². The first-order valence-electron chi connectivity index (χ1n) is 14.4. The van der Waals surface area contributed by atoms with Gasteiger partial charge in [-0.2, -0.15) is 0 Å². The van der Waals surface area contributed by atoms with Crippen LogP contribution in [0.3, 0.4) is 0 Å². The van der Waals surface area contributed by atoms with Crippen LogP contribution in [0.1, 0.15) is 38.3 Å². The average molecular weight is 615 g/mol. The van der Waals surface area contributed by atoms with Crippen LogP contribution in [0.25, 0.3) is 17.0 Å². The van der Waals surface area contributed by atoms with Crippen LogP contribution < -0.4 is 10.6 Å². The van der Waals surface area contributed by atoms with E-state index < -0.39 is 28.0 Å². The van der Waals surface area contributed by atoms with E-state index in [4.69, 9.17) is 0 Å². The molecule has 44 heavy (non-hydrogen) atoms. The molecule has 4 aromatic rings. The molecular formula is C34H38N4O5S. The van der Waals surface area contributed by atoms with Crippen molar-refractivity contribution in [3.63, 3.8) is 0 Å². The Morgan fingerprint density at radius 2 is 1.52 bits per heavy atom. The molecule has 0 aliphatic carbocycles. The van der Waals surface area contributed by atoms with Gasteiger partial charge < -0.3 is 15.5 Å². The fourth-order valence-electron chi connectivity index (χ4n) is 5.10. The summed E-state index contributed by atoms with van der Waals surface area (Å²) in [4.78, 5) is 40.6. The molecular weight excluding hydrogens is 576 g/mol. The highest BCUT2D eigenvalue weighted by Crippen LogP contribution is 2.27. The fourth-order valence-corrected chi connectivity index (χ4v) is 6.50. The lowest BCUT2D eigenvalue weighted by Crippen LogP contribution is -2.54. The summed E-state index contributed by atoms with van der Waals surface area (Å²) in [5, 5.41) is 6.22. The van der Waals surface area contributed by atoms with Crippen molar-refractivity contribution in [2.45, 2.75) is 50.6 Å². The highest BCUT2D eigenvalue weighted by atomic mass is 32.2. The average Bonchev–Trinajstić information content (AvgIpc) is 3.38. The third-order valence-electron chi connectivity index (χ3n) is 7.27. The van der Waals surface area contributed by atoms with Crippen molar-refractivity contribution in [3.05, 3.63) is 108 Å². The molecule has 0 saturated heterocycles. The predicted molar refractivity (Wildman–Crippen MR) is 172 cm³/mol. The largest absolute Gasteiger partial charge is 0.345 e. The number of amides is 3. The SMILES string of the molecule is CC(=O)N[C@@H](CC(C)C)C(=O)N(C)[C@@H](Cc1ccccc1)C(=O)N/C=C/c1cn(S(=O)(=O)c2ccccc2)c2ccccc12. The van der Waals surface area contributed by atoms with Crippen molar-refractivity contribution in [1.29, 1.82) is 0 Å². The number of hydrogen-bond donors (Lipinski definition) is 2. The van der Waals surface area contributed by atoms with Crippen LogP contribution in [-0.4, -0.2) is 54.1 Å². The lowest BCUT2D eigenvalue weighted by molar-refractivity contribution is -0.141. The van der Waals surface area contributed by atoms with E-state index in [0.717, 1.165) is 5.56 Å². The molecule has 1 aromatic heterocycles. The zero-order chi connectivity index (χ0) is 31.9. The van der Waals surface area contributed by atoms with Gasteiger partial charge in [0.1, 0.15) is 12.1 Å². The Morgan fingerprint density at radius 1 is 0.909 bits per heavy atom. The van der Waals surface area contributed by atoms with E-state index in [0.29, 0.717) is 22.9 Å². The topological polar surface area (TPSA) is 118 Å². The minimum absolute atomic E-state index is 0.140. The Balaban J connectivity index is 1.61. The maximum absolute atomic E-state index is 13.6. The minimum Gasteiger partial charge on any atom is -0.345 e. The predicted octanol–water partition coefficient (Wildman–Crippen LogP) is 4.59. The molecule has 0 aliphatic rings. The van der Waals surface area contributed by atoms with Crippen molar-refractivity contribution >= 4 is 44.7 Å². The van der Waals surface area contributed by atoms with Gasteiger partial charge in [-0.1, -0.05) is 80.6 Å². The van der Waals surface area contributed by atoms with Crippen LogP contribution in [0.2, 0.25) is 0 Å². The molecule has 0 radical (unpaired) electrons. The van der Waals surface area contributed by atoms with Gasteiger partial charge in [-0.15, -0.1) is 0 Å².